The second-order valence-corrected chi connectivity index (χ2v) is 14.7. The van der Waals surface area contributed by atoms with Crippen LogP contribution in [0.5, 0.6) is 0 Å². The highest BCUT2D eigenvalue weighted by atomic mass is 16.7. The highest BCUT2D eigenvalue weighted by molar-refractivity contribution is 5.76. The molecule has 9 nitrogen and oxygen atoms in total. The van der Waals surface area contributed by atoms with E-state index in [9.17, 15) is 14.7 Å². The molecule has 4 aromatic carbocycles. The van der Waals surface area contributed by atoms with Crippen molar-refractivity contribution >= 4 is 11.8 Å². The quantitative estimate of drug-likeness (QED) is 0.109. The number of nitrogens with zero attached hydrogens (tertiary/aromatic N) is 2. The molecule has 6 rings (SSSR count). The molecule has 0 aromatic heterocycles. The van der Waals surface area contributed by atoms with Gasteiger partial charge in [-0.1, -0.05) is 116 Å². The number of nitrogens with one attached hydrogen (secondary N) is 2. The minimum Gasteiger partial charge on any atom is -0.392 e. The van der Waals surface area contributed by atoms with Crippen molar-refractivity contribution in [3.63, 3.8) is 0 Å². The topological polar surface area (TPSA) is 103 Å². The number of ether oxygens (including phenoxy) is 2. The number of rotatable bonds is 16. The monoisotopic (exact) mass is 732 g/mol. The number of piperazine rings is 1. The second-order valence-electron chi connectivity index (χ2n) is 14.7. The number of amides is 2. The molecule has 0 radical (unpaired) electrons. The smallest absolute Gasteiger partial charge is 0.220 e. The zero-order valence-corrected chi connectivity index (χ0v) is 31.8. The molecule has 54 heavy (non-hydrogen) atoms. The second kappa shape index (κ2) is 19.8. The molecule has 2 amide bonds. The molecule has 4 atom stereocenters. The lowest BCUT2D eigenvalue weighted by atomic mass is 9.89. The van der Waals surface area contributed by atoms with Gasteiger partial charge in [0.2, 0.25) is 11.8 Å². The van der Waals surface area contributed by atoms with Crippen molar-refractivity contribution in [3.8, 4) is 11.1 Å². The summed E-state index contributed by atoms with van der Waals surface area (Å²) in [5.74, 6) is 0.128. The van der Waals surface area contributed by atoms with Crippen molar-refractivity contribution in [2.45, 2.75) is 77.7 Å². The van der Waals surface area contributed by atoms with Gasteiger partial charge in [-0.3, -0.25) is 19.4 Å². The van der Waals surface area contributed by atoms with Crippen molar-refractivity contribution in [2.75, 3.05) is 39.3 Å². The molecule has 286 valence electrons. The van der Waals surface area contributed by atoms with Gasteiger partial charge in [0, 0.05) is 77.2 Å². The van der Waals surface area contributed by atoms with E-state index in [1.165, 1.54) is 12.5 Å². The fourth-order valence-corrected chi connectivity index (χ4v) is 7.46. The van der Waals surface area contributed by atoms with E-state index < -0.39 is 6.29 Å². The fraction of sp³-hybridized carbons (Fsp3) is 0.422. The van der Waals surface area contributed by atoms with Crippen molar-refractivity contribution in [3.05, 3.63) is 131 Å². The number of aliphatic hydroxyl groups is 1. The third kappa shape index (κ3) is 11.1. The average Bonchev–Trinajstić information content (AvgIpc) is 3.20. The zero-order valence-electron chi connectivity index (χ0n) is 31.8. The summed E-state index contributed by atoms with van der Waals surface area (Å²) in [6, 6.07) is 35.4. The lowest BCUT2D eigenvalue weighted by Gasteiger charge is -2.44. The van der Waals surface area contributed by atoms with Crippen LogP contribution in [-0.4, -0.2) is 72.1 Å². The van der Waals surface area contributed by atoms with Gasteiger partial charge in [-0.25, -0.2) is 0 Å². The summed E-state index contributed by atoms with van der Waals surface area (Å²) in [7, 11) is 0. The van der Waals surface area contributed by atoms with Gasteiger partial charge in [0.1, 0.15) is 0 Å². The van der Waals surface area contributed by atoms with Gasteiger partial charge < -0.3 is 25.2 Å². The van der Waals surface area contributed by atoms with E-state index in [2.05, 4.69) is 106 Å². The van der Waals surface area contributed by atoms with Crippen molar-refractivity contribution in [1.29, 1.82) is 0 Å². The summed E-state index contributed by atoms with van der Waals surface area (Å²) < 4.78 is 13.6. The summed E-state index contributed by atoms with van der Waals surface area (Å²) in [5, 5.41) is 15.6. The Labute approximate surface area is 320 Å². The van der Waals surface area contributed by atoms with E-state index in [1.807, 2.05) is 24.3 Å². The molecule has 0 saturated carbocycles. The number of hydrogen-bond donors (Lipinski definition) is 3. The van der Waals surface area contributed by atoms with Gasteiger partial charge in [-0.2, -0.15) is 0 Å². The Morgan fingerprint density at radius 2 is 1.43 bits per heavy atom. The lowest BCUT2D eigenvalue weighted by molar-refractivity contribution is -0.276. The van der Waals surface area contributed by atoms with Crippen LogP contribution in [0.15, 0.2) is 103 Å². The van der Waals surface area contributed by atoms with Crippen LogP contribution in [0.2, 0.25) is 0 Å². The first-order chi connectivity index (χ1) is 26.4. The number of aliphatic hydroxyl groups excluding tert-OH is 1. The van der Waals surface area contributed by atoms with Gasteiger partial charge in [0.05, 0.1) is 18.8 Å². The molecule has 0 unspecified atom stereocenters. The Bertz CT molecular complexity index is 1760. The zero-order chi connectivity index (χ0) is 37.7. The molecule has 2 aliphatic rings. The van der Waals surface area contributed by atoms with Gasteiger partial charge >= 0.3 is 0 Å². The van der Waals surface area contributed by atoms with Crippen molar-refractivity contribution < 1.29 is 24.2 Å². The maximum absolute atomic E-state index is 12.6. The van der Waals surface area contributed by atoms with E-state index in [0.29, 0.717) is 19.5 Å². The van der Waals surface area contributed by atoms with Crippen LogP contribution >= 0.6 is 0 Å². The molecule has 0 aliphatic carbocycles. The molecule has 0 spiro atoms. The van der Waals surface area contributed by atoms with Crippen molar-refractivity contribution in [2.24, 2.45) is 5.92 Å². The van der Waals surface area contributed by atoms with E-state index in [-0.39, 0.29) is 36.5 Å². The Kier molecular flexibility index (Phi) is 14.4. The van der Waals surface area contributed by atoms with Gasteiger partial charge in [-0.15, -0.1) is 0 Å². The SMILES string of the molecule is CC(=O)NCCCCCC(=O)NCc1ccccc1-c1ccc([C@H]2O[C@@H](CN3CCN(Cc4ccccc4)CC3)[C@@H](C)[C@@H](c3ccc(CO)cc3)O2)cc1. The number of unbranched alkanes of at least 4 members (excludes halogenated alkanes) is 2. The molecule has 0 bridgehead atoms. The first-order valence-corrected chi connectivity index (χ1v) is 19.5. The Hall–Kier alpha value is -4.38. The minimum absolute atomic E-state index is 0.00986. The van der Waals surface area contributed by atoms with E-state index in [0.717, 1.165) is 91.9 Å². The predicted octanol–water partition coefficient (Wildman–Crippen LogP) is 6.77. The first kappa shape index (κ1) is 39.3. The number of carbonyl (C=O) groups excluding carboxylic acids is 2. The van der Waals surface area contributed by atoms with Crippen LogP contribution in [0.1, 0.15) is 79.7 Å². The molecule has 9 heteroatoms. The third-order valence-electron chi connectivity index (χ3n) is 10.7. The molecule has 3 N–H and O–H groups in total. The molecule has 2 aliphatic heterocycles. The largest absolute Gasteiger partial charge is 0.392 e. The van der Waals surface area contributed by atoms with Gasteiger partial charge in [-0.05, 0) is 46.2 Å². The summed E-state index contributed by atoms with van der Waals surface area (Å²) in [6.45, 7) is 10.7. The fourth-order valence-electron chi connectivity index (χ4n) is 7.46. The molecule has 2 heterocycles. The highest BCUT2D eigenvalue weighted by Gasteiger charge is 2.39. The van der Waals surface area contributed by atoms with Crippen LogP contribution in [0.4, 0.5) is 0 Å². The van der Waals surface area contributed by atoms with E-state index >= 15 is 0 Å². The van der Waals surface area contributed by atoms with Crippen LogP contribution in [0.3, 0.4) is 0 Å². The van der Waals surface area contributed by atoms with Crippen LogP contribution in [-0.2, 0) is 38.8 Å². The summed E-state index contributed by atoms with van der Waals surface area (Å²) in [6.07, 6.45) is 2.29. The third-order valence-corrected chi connectivity index (χ3v) is 10.7. The van der Waals surface area contributed by atoms with Crippen LogP contribution in [0.25, 0.3) is 11.1 Å². The normalized spacial score (nSPS) is 20.7. The van der Waals surface area contributed by atoms with Crippen LogP contribution in [0, 0.1) is 5.92 Å². The summed E-state index contributed by atoms with van der Waals surface area (Å²) in [4.78, 5) is 28.7. The molecular formula is C45H56N4O5. The van der Waals surface area contributed by atoms with Crippen molar-refractivity contribution in [1.82, 2.24) is 20.4 Å². The number of carbonyl (C=O) groups is 2. The van der Waals surface area contributed by atoms with Gasteiger partial charge in [0.25, 0.3) is 0 Å². The molecular weight excluding hydrogens is 677 g/mol. The predicted molar refractivity (Wildman–Crippen MR) is 212 cm³/mol. The first-order valence-electron chi connectivity index (χ1n) is 19.5. The highest BCUT2D eigenvalue weighted by Crippen LogP contribution is 2.42. The van der Waals surface area contributed by atoms with Gasteiger partial charge in [0.15, 0.2) is 6.29 Å². The van der Waals surface area contributed by atoms with Crippen LogP contribution < -0.4 is 10.6 Å². The Morgan fingerprint density at radius 1 is 0.741 bits per heavy atom. The molecule has 2 saturated heterocycles. The maximum atomic E-state index is 12.6. The average molecular weight is 733 g/mol. The maximum Gasteiger partial charge on any atom is 0.220 e. The lowest BCUT2D eigenvalue weighted by Crippen LogP contribution is -2.51. The van der Waals surface area contributed by atoms with E-state index in [1.54, 1.807) is 0 Å². The summed E-state index contributed by atoms with van der Waals surface area (Å²) in [5.41, 5.74) is 7.47. The minimum atomic E-state index is -0.532. The molecule has 2 fully saturated rings. The Balaban J connectivity index is 1.10. The van der Waals surface area contributed by atoms with E-state index in [4.69, 9.17) is 9.47 Å². The Morgan fingerprint density at radius 3 is 2.15 bits per heavy atom. The number of benzene rings is 4. The number of hydrogen-bond acceptors (Lipinski definition) is 7. The molecule has 4 aromatic rings. The summed E-state index contributed by atoms with van der Waals surface area (Å²) >= 11 is 0. The standard InChI is InChI=1S/C45H56N4O5/c1-33-42(31-49-27-25-48(26-28-49)30-35-11-5-3-6-12-35)53-45(54-44(33)38-18-16-36(32-50)17-19-38)39-22-20-37(21-23-39)41-14-9-8-13-40(41)29-47-43(52)15-7-4-10-24-46-34(2)51/h3,5-6,8-9,11-14,16-23,33,42,44-45,50H,4,7,10,15,24-32H2,1-2H3,(H,46,51)(H,47,52)/t33-,42+,44+,45+/m1/s1.